The number of nitrogens with zero attached hydrogens (tertiary/aromatic N) is 2. The molecular weight excluding hydrogens is 737 g/mol. The standard InChI is InChI=1S/C54H38N4O2/c1-59-53-38-22-13-12-21-36(38)37-23-14-24-39(51(37)54(53)60-2)52-46-31-29-44(57-46)49(34-17-8-4-9-18-34)42-27-25-40(55-42)48(33-15-6-3-7-16-33)41-26-28-43(56-41)50(35-19-10-5-11-20-35)45-30-32-47(52)58-45/h3-32,55-56H,1-2H3. The van der Waals surface area contributed by atoms with Gasteiger partial charge < -0.3 is 19.4 Å². The van der Waals surface area contributed by atoms with Gasteiger partial charge in [-0.2, -0.15) is 0 Å². The Balaban J connectivity index is 1.34. The Morgan fingerprint density at radius 3 is 1.23 bits per heavy atom. The van der Waals surface area contributed by atoms with Crippen LogP contribution in [0, 0.1) is 0 Å². The van der Waals surface area contributed by atoms with E-state index in [1.54, 1.807) is 14.2 Å². The summed E-state index contributed by atoms with van der Waals surface area (Å²) >= 11 is 0. The van der Waals surface area contributed by atoms with Crippen LogP contribution < -0.4 is 9.47 Å². The number of H-pyrrole nitrogens is 2. The molecule has 0 fully saturated rings. The molecule has 2 aliphatic rings. The summed E-state index contributed by atoms with van der Waals surface area (Å²) in [5.41, 5.74) is 15.3. The third-order valence-electron chi connectivity index (χ3n) is 11.6. The summed E-state index contributed by atoms with van der Waals surface area (Å²) in [6, 6.07) is 54.9. The summed E-state index contributed by atoms with van der Waals surface area (Å²) in [6.45, 7) is 0. The van der Waals surface area contributed by atoms with Gasteiger partial charge in [0.1, 0.15) is 0 Å². The summed E-state index contributed by atoms with van der Waals surface area (Å²) in [6.07, 6.45) is 8.48. The average molecular weight is 775 g/mol. The van der Waals surface area contributed by atoms with Crippen molar-refractivity contribution in [2.75, 3.05) is 14.2 Å². The van der Waals surface area contributed by atoms with E-state index in [-0.39, 0.29) is 0 Å². The van der Waals surface area contributed by atoms with Crippen molar-refractivity contribution in [2.24, 2.45) is 0 Å². The highest BCUT2D eigenvalue weighted by Crippen LogP contribution is 2.49. The highest BCUT2D eigenvalue weighted by molar-refractivity contribution is 6.19. The Kier molecular flexibility index (Phi) is 8.48. The second kappa shape index (κ2) is 14.5. The molecule has 0 saturated heterocycles. The molecule has 3 aromatic heterocycles. The van der Waals surface area contributed by atoms with Crippen molar-refractivity contribution in [1.29, 1.82) is 0 Å². The van der Waals surface area contributed by atoms with Gasteiger partial charge >= 0.3 is 0 Å². The van der Waals surface area contributed by atoms with Crippen LogP contribution >= 0.6 is 0 Å². The summed E-state index contributed by atoms with van der Waals surface area (Å²) in [4.78, 5) is 18.8. The molecule has 0 atom stereocenters. The minimum Gasteiger partial charge on any atom is -0.492 e. The fraction of sp³-hybridized carbons (Fsp3) is 0.0370. The predicted octanol–water partition coefficient (Wildman–Crippen LogP) is 13.6. The number of benzene rings is 6. The predicted molar refractivity (Wildman–Crippen MR) is 249 cm³/mol. The van der Waals surface area contributed by atoms with Crippen LogP contribution in [0.2, 0.25) is 0 Å². The Morgan fingerprint density at radius 2 is 0.750 bits per heavy atom. The van der Waals surface area contributed by atoms with Crippen molar-refractivity contribution in [3.05, 3.63) is 181 Å². The van der Waals surface area contributed by atoms with Crippen molar-refractivity contribution >= 4 is 67.9 Å². The fourth-order valence-corrected chi connectivity index (χ4v) is 8.99. The van der Waals surface area contributed by atoms with E-state index in [1.165, 1.54) is 0 Å². The van der Waals surface area contributed by atoms with Crippen LogP contribution in [0.1, 0.15) is 22.8 Å². The topological polar surface area (TPSA) is 75.8 Å². The van der Waals surface area contributed by atoms with Crippen LogP contribution in [0.3, 0.4) is 0 Å². The van der Waals surface area contributed by atoms with Gasteiger partial charge in [0.25, 0.3) is 0 Å². The number of hydrogen-bond acceptors (Lipinski definition) is 4. The molecule has 286 valence electrons. The third-order valence-corrected chi connectivity index (χ3v) is 11.6. The molecule has 8 bridgehead atoms. The fourth-order valence-electron chi connectivity index (χ4n) is 8.99. The third kappa shape index (κ3) is 5.72. The summed E-state index contributed by atoms with van der Waals surface area (Å²) in [7, 11) is 3.41. The molecule has 0 aliphatic carbocycles. The quantitative estimate of drug-likeness (QED) is 0.165. The van der Waals surface area contributed by atoms with E-state index < -0.39 is 0 Å². The molecule has 11 rings (SSSR count). The molecule has 6 aromatic carbocycles. The van der Waals surface area contributed by atoms with Gasteiger partial charge in [-0.1, -0.05) is 133 Å². The largest absolute Gasteiger partial charge is 0.492 e. The zero-order valence-electron chi connectivity index (χ0n) is 33.0. The van der Waals surface area contributed by atoms with Gasteiger partial charge in [0.05, 0.1) is 37.0 Å². The van der Waals surface area contributed by atoms with Gasteiger partial charge in [-0.3, -0.25) is 0 Å². The van der Waals surface area contributed by atoms with Crippen molar-refractivity contribution in [1.82, 2.24) is 19.9 Å². The number of aromatic nitrogens is 4. The van der Waals surface area contributed by atoms with Crippen LogP contribution in [0.4, 0.5) is 0 Å². The lowest BCUT2D eigenvalue weighted by molar-refractivity contribution is 0.362. The number of rotatable bonds is 6. The zero-order chi connectivity index (χ0) is 40.2. The minimum absolute atomic E-state index is 0.663. The molecule has 6 nitrogen and oxygen atoms in total. The Labute approximate surface area is 346 Å². The lowest BCUT2D eigenvalue weighted by Gasteiger charge is -2.18. The van der Waals surface area contributed by atoms with E-state index in [0.29, 0.717) is 11.5 Å². The summed E-state index contributed by atoms with van der Waals surface area (Å²) in [5, 5.41) is 4.04. The molecule has 0 unspecified atom stereocenters. The molecule has 2 N–H and O–H groups in total. The first-order chi connectivity index (χ1) is 29.7. The summed E-state index contributed by atoms with van der Waals surface area (Å²) < 4.78 is 12.4. The molecule has 0 spiro atoms. The van der Waals surface area contributed by atoms with E-state index in [4.69, 9.17) is 19.4 Å². The van der Waals surface area contributed by atoms with E-state index in [9.17, 15) is 0 Å². The van der Waals surface area contributed by atoms with Crippen molar-refractivity contribution in [3.8, 4) is 56.0 Å². The molecule has 2 aliphatic heterocycles. The number of hydrogen-bond donors (Lipinski definition) is 2. The van der Waals surface area contributed by atoms with E-state index in [2.05, 4.69) is 174 Å². The Bertz CT molecular complexity index is 3240. The normalized spacial score (nSPS) is 12.0. The highest BCUT2D eigenvalue weighted by atomic mass is 16.5. The monoisotopic (exact) mass is 774 g/mol. The maximum Gasteiger partial charge on any atom is 0.169 e. The number of methoxy groups -OCH3 is 2. The van der Waals surface area contributed by atoms with Crippen molar-refractivity contribution in [2.45, 2.75) is 0 Å². The molecule has 6 heteroatoms. The van der Waals surface area contributed by atoms with E-state index >= 15 is 0 Å². The molecule has 0 radical (unpaired) electrons. The maximum absolute atomic E-state index is 6.28. The molecule has 0 amide bonds. The Hall–Kier alpha value is -7.96. The Morgan fingerprint density at radius 1 is 0.350 bits per heavy atom. The second-order valence-corrected chi connectivity index (χ2v) is 14.9. The summed E-state index contributed by atoms with van der Waals surface area (Å²) in [5.74, 6) is 1.35. The van der Waals surface area contributed by atoms with Gasteiger partial charge in [-0.25, -0.2) is 9.97 Å². The SMILES string of the molecule is COc1c(OC)c2c(-c3c4nc(c(-c5ccccc5)c5ccc([nH]5)c(-c5ccccc5)c5ccc([nH]5)c(-c5ccccc5)c5nc3C=C5)C=C4)cccc2c2ccccc12. The molecule has 60 heavy (non-hydrogen) atoms. The lowest BCUT2D eigenvalue weighted by atomic mass is 9.92. The highest BCUT2D eigenvalue weighted by Gasteiger charge is 2.24. The lowest BCUT2D eigenvalue weighted by Crippen LogP contribution is -1.97. The van der Waals surface area contributed by atoms with Crippen molar-refractivity contribution < 1.29 is 9.47 Å². The zero-order valence-corrected chi connectivity index (χ0v) is 33.0. The van der Waals surface area contributed by atoms with Gasteiger partial charge in [0.15, 0.2) is 11.5 Å². The molecule has 0 saturated carbocycles. The molecular formula is C54H38N4O2. The van der Waals surface area contributed by atoms with Crippen molar-refractivity contribution in [3.63, 3.8) is 0 Å². The van der Waals surface area contributed by atoms with Gasteiger partial charge in [-0.15, -0.1) is 0 Å². The maximum atomic E-state index is 6.28. The van der Waals surface area contributed by atoms with E-state index in [1.807, 2.05) is 18.2 Å². The average Bonchev–Trinajstić information content (AvgIpc) is 4.15. The number of aromatic amines is 2. The number of nitrogens with one attached hydrogen (secondary N) is 2. The molecule has 9 aromatic rings. The van der Waals surface area contributed by atoms with Gasteiger partial charge in [-0.05, 0) is 81.6 Å². The van der Waals surface area contributed by atoms with E-state index in [0.717, 1.165) is 111 Å². The van der Waals surface area contributed by atoms with Gasteiger partial charge in [0.2, 0.25) is 0 Å². The number of ether oxygens (including phenoxy) is 2. The van der Waals surface area contributed by atoms with Crippen LogP contribution in [0.15, 0.2) is 158 Å². The number of fused-ring (bicyclic) bond motifs is 11. The van der Waals surface area contributed by atoms with Crippen LogP contribution in [0.25, 0.3) is 112 Å². The second-order valence-electron chi connectivity index (χ2n) is 14.9. The van der Waals surface area contributed by atoms with Crippen LogP contribution in [-0.4, -0.2) is 34.2 Å². The first-order valence-corrected chi connectivity index (χ1v) is 20.1. The first kappa shape index (κ1) is 35.2. The van der Waals surface area contributed by atoms with Crippen LogP contribution in [-0.2, 0) is 0 Å². The minimum atomic E-state index is 0.663. The van der Waals surface area contributed by atoms with Crippen LogP contribution in [0.5, 0.6) is 11.5 Å². The smallest absolute Gasteiger partial charge is 0.169 e. The van der Waals surface area contributed by atoms with Gasteiger partial charge in [0, 0.05) is 55.1 Å². The molecule has 5 heterocycles. The first-order valence-electron chi connectivity index (χ1n) is 20.1.